The topological polar surface area (TPSA) is 157 Å². The Labute approximate surface area is 278 Å². The molecule has 0 radical (unpaired) electrons. The molecule has 2 unspecified atom stereocenters. The molecule has 3 aromatic heterocycles. The molecular formula is C33H42BrN9O3. The minimum Gasteiger partial charge on any atom is -0.374 e. The molecule has 2 aliphatic heterocycles. The number of anilines is 2. The van der Waals surface area contributed by atoms with E-state index in [4.69, 9.17) is 5.41 Å². The first-order valence-electron chi connectivity index (χ1n) is 15.5. The van der Waals surface area contributed by atoms with Crippen LogP contribution in [0.15, 0.2) is 35.2 Å². The van der Waals surface area contributed by atoms with E-state index >= 15 is 0 Å². The Kier molecular flexibility index (Phi) is 12.1. The quantitative estimate of drug-likeness (QED) is 0.157. The largest absolute Gasteiger partial charge is 0.374 e. The highest BCUT2D eigenvalue weighted by Crippen LogP contribution is 2.28. The van der Waals surface area contributed by atoms with Crippen molar-refractivity contribution in [2.75, 3.05) is 43.4 Å². The van der Waals surface area contributed by atoms with E-state index in [1.807, 2.05) is 30.9 Å². The molecule has 12 nitrogen and oxygen atoms in total. The summed E-state index contributed by atoms with van der Waals surface area (Å²) in [6, 6.07) is 5.60. The monoisotopic (exact) mass is 691 g/mol. The average Bonchev–Trinajstić information content (AvgIpc) is 3.67. The van der Waals surface area contributed by atoms with Gasteiger partial charge in [-0.1, -0.05) is 6.07 Å². The van der Waals surface area contributed by atoms with Crippen molar-refractivity contribution in [1.29, 1.82) is 5.41 Å². The predicted octanol–water partition coefficient (Wildman–Crippen LogP) is 4.58. The lowest BCUT2D eigenvalue weighted by molar-refractivity contribution is -0.130. The molecule has 5 rings (SSSR count). The van der Waals surface area contributed by atoms with E-state index in [-0.39, 0.29) is 30.0 Å². The molecule has 2 saturated heterocycles. The van der Waals surface area contributed by atoms with Crippen LogP contribution in [-0.2, 0) is 14.4 Å². The van der Waals surface area contributed by atoms with E-state index < -0.39 is 0 Å². The van der Waals surface area contributed by atoms with Crippen molar-refractivity contribution in [2.24, 2.45) is 5.92 Å². The van der Waals surface area contributed by atoms with E-state index in [0.717, 1.165) is 25.1 Å². The maximum absolute atomic E-state index is 13.2. The smallest absolute Gasteiger partial charge is 0.242 e. The van der Waals surface area contributed by atoms with Gasteiger partial charge in [0, 0.05) is 49.6 Å². The standard InChI is InChI=1S/C26H35N7O2.C7H7BrN2O/c1-16-9-20(14-32-7-5-6-8-32)15-33(16)24(35)13-30-26-17(2)31-23(10-22(26)25(27)18(3)34)21-11-28-19(4)29-12-21;1-5-2-3-6(8)10-7(5)9-4-11/h10-12,16,20,27,30H,5-9,13-15H2,1-4H3;2-4H,1H3,(H,9,10,11). The summed E-state index contributed by atoms with van der Waals surface area (Å²) in [7, 11) is 0. The van der Waals surface area contributed by atoms with Crippen LogP contribution in [0.25, 0.3) is 11.3 Å². The predicted molar refractivity (Wildman–Crippen MR) is 182 cm³/mol. The minimum atomic E-state index is -0.353. The summed E-state index contributed by atoms with van der Waals surface area (Å²) in [5, 5.41) is 14.1. The molecular weight excluding hydrogens is 650 g/mol. The molecule has 3 aromatic rings. The van der Waals surface area contributed by atoms with Crippen LogP contribution in [0.2, 0.25) is 0 Å². The summed E-state index contributed by atoms with van der Waals surface area (Å²) in [6.07, 6.45) is 7.54. The highest BCUT2D eigenvalue weighted by Gasteiger charge is 2.33. The normalized spacial score (nSPS) is 17.7. The molecule has 0 aromatic carbocycles. The van der Waals surface area contributed by atoms with Crippen molar-refractivity contribution < 1.29 is 14.4 Å². The summed E-state index contributed by atoms with van der Waals surface area (Å²) in [5.41, 5.74) is 3.68. The molecule has 0 bridgehead atoms. The van der Waals surface area contributed by atoms with Gasteiger partial charge >= 0.3 is 0 Å². The lowest BCUT2D eigenvalue weighted by Gasteiger charge is -2.23. The van der Waals surface area contributed by atoms with Crippen molar-refractivity contribution >= 4 is 51.2 Å². The number of rotatable bonds is 10. The first kappa shape index (κ1) is 34.8. The molecule has 0 saturated carbocycles. The molecule has 0 aliphatic carbocycles. The fraction of sp³-hybridized carbons (Fsp3) is 0.455. The number of hydrogen-bond acceptors (Lipinski definition) is 10. The fourth-order valence-corrected chi connectivity index (χ4v) is 6.19. The zero-order chi connectivity index (χ0) is 33.4. The van der Waals surface area contributed by atoms with E-state index in [2.05, 4.69) is 58.3 Å². The maximum Gasteiger partial charge on any atom is 0.242 e. The Bertz CT molecular complexity index is 1580. The SMILES string of the molecule is CC(=O)C(=N)c1cc(-c2cnc(C)nc2)nc(C)c1NCC(=O)N1CC(CN2CCCC2)CC1C.Cc1ccc(Br)nc1NC=O. The van der Waals surface area contributed by atoms with Crippen LogP contribution in [0.5, 0.6) is 0 Å². The van der Waals surface area contributed by atoms with Gasteiger partial charge in [-0.05, 0) is 99.6 Å². The molecule has 244 valence electrons. The number of nitrogens with one attached hydrogen (secondary N) is 3. The summed E-state index contributed by atoms with van der Waals surface area (Å²) >= 11 is 3.20. The van der Waals surface area contributed by atoms with E-state index in [1.54, 1.807) is 25.4 Å². The fourth-order valence-electron chi connectivity index (χ4n) is 5.88. The second kappa shape index (κ2) is 15.9. The molecule has 13 heteroatoms. The summed E-state index contributed by atoms with van der Waals surface area (Å²) in [5.74, 6) is 1.42. The molecule has 3 N–H and O–H groups in total. The average molecular weight is 693 g/mol. The van der Waals surface area contributed by atoms with Gasteiger partial charge in [0.05, 0.1) is 23.6 Å². The van der Waals surface area contributed by atoms with Gasteiger partial charge in [-0.25, -0.2) is 15.0 Å². The number of Topliss-reactive ketones (excluding diaryl/α,β-unsaturated/α-hetero) is 1. The van der Waals surface area contributed by atoms with Crippen molar-refractivity contribution in [1.82, 2.24) is 29.7 Å². The van der Waals surface area contributed by atoms with E-state index in [1.165, 1.54) is 32.9 Å². The number of aromatic nitrogens is 4. The van der Waals surface area contributed by atoms with Gasteiger partial charge in [-0.15, -0.1) is 0 Å². The van der Waals surface area contributed by atoms with Crippen molar-refractivity contribution in [2.45, 2.75) is 59.9 Å². The Morgan fingerprint density at radius 2 is 1.80 bits per heavy atom. The number of hydrogen-bond donors (Lipinski definition) is 3. The first-order valence-corrected chi connectivity index (χ1v) is 16.3. The van der Waals surface area contributed by atoms with Gasteiger partial charge in [-0.2, -0.15) is 0 Å². The van der Waals surface area contributed by atoms with Crippen molar-refractivity contribution in [3.05, 3.63) is 57.8 Å². The maximum atomic E-state index is 13.2. The van der Waals surface area contributed by atoms with Gasteiger partial charge < -0.3 is 20.4 Å². The molecule has 2 fully saturated rings. The molecule has 5 heterocycles. The first-order chi connectivity index (χ1) is 22.0. The molecule has 2 atom stereocenters. The van der Waals surface area contributed by atoms with Gasteiger partial charge in [0.25, 0.3) is 0 Å². The lowest BCUT2D eigenvalue weighted by atomic mass is 10.0. The Balaban J connectivity index is 0.000000369. The van der Waals surface area contributed by atoms with Gasteiger partial charge in [0.15, 0.2) is 5.78 Å². The Morgan fingerprint density at radius 1 is 1.11 bits per heavy atom. The van der Waals surface area contributed by atoms with Crippen LogP contribution >= 0.6 is 15.9 Å². The van der Waals surface area contributed by atoms with Crippen LogP contribution < -0.4 is 10.6 Å². The van der Waals surface area contributed by atoms with Crippen molar-refractivity contribution in [3.8, 4) is 11.3 Å². The van der Waals surface area contributed by atoms with Gasteiger partial charge in [-0.3, -0.25) is 24.8 Å². The van der Waals surface area contributed by atoms with Crippen LogP contribution in [0.1, 0.15) is 55.8 Å². The number of nitrogens with zero attached hydrogens (tertiary/aromatic N) is 6. The second-order valence-electron chi connectivity index (χ2n) is 11.9. The molecule has 0 spiro atoms. The lowest BCUT2D eigenvalue weighted by Crippen LogP contribution is -2.39. The highest BCUT2D eigenvalue weighted by atomic mass is 79.9. The minimum absolute atomic E-state index is 0.0251. The number of ketones is 1. The van der Waals surface area contributed by atoms with Gasteiger partial charge in [0.2, 0.25) is 12.3 Å². The number of carbonyl (C=O) groups excluding carboxylic acids is 3. The van der Waals surface area contributed by atoms with Crippen LogP contribution in [0.4, 0.5) is 11.5 Å². The summed E-state index contributed by atoms with van der Waals surface area (Å²) in [6.45, 7) is 13.3. The van der Waals surface area contributed by atoms with Crippen LogP contribution in [-0.4, -0.2) is 92.3 Å². The number of amides is 2. The molecule has 2 amide bonds. The Hall–Kier alpha value is -4.10. The second-order valence-corrected chi connectivity index (χ2v) is 12.7. The van der Waals surface area contributed by atoms with E-state index in [9.17, 15) is 14.4 Å². The third kappa shape index (κ3) is 9.00. The number of carbonyl (C=O) groups is 3. The number of aryl methyl sites for hydroxylation is 3. The zero-order valence-electron chi connectivity index (χ0n) is 27.1. The summed E-state index contributed by atoms with van der Waals surface area (Å²) in [4.78, 5) is 56.9. The number of pyridine rings is 2. The van der Waals surface area contributed by atoms with Crippen LogP contribution in [0, 0.1) is 32.1 Å². The zero-order valence-corrected chi connectivity index (χ0v) is 28.6. The number of likely N-dealkylation sites (tertiary alicyclic amines) is 2. The number of halogens is 1. The molecule has 46 heavy (non-hydrogen) atoms. The van der Waals surface area contributed by atoms with E-state index in [0.29, 0.717) is 56.8 Å². The molecule has 2 aliphatic rings. The van der Waals surface area contributed by atoms with Gasteiger partial charge in [0.1, 0.15) is 22.0 Å². The summed E-state index contributed by atoms with van der Waals surface area (Å²) < 4.78 is 0.715. The third-order valence-electron chi connectivity index (χ3n) is 8.27. The highest BCUT2D eigenvalue weighted by molar-refractivity contribution is 9.10. The third-order valence-corrected chi connectivity index (χ3v) is 8.71. The van der Waals surface area contributed by atoms with Crippen LogP contribution in [0.3, 0.4) is 0 Å². The Morgan fingerprint density at radius 3 is 2.46 bits per heavy atom. The van der Waals surface area contributed by atoms with Crippen molar-refractivity contribution in [3.63, 3.8) is 0 Å².